The Bertz CT molecular complexity index is 842. The molecule has 22 heavy (non-hydrogen) atoms. The number of H-pyrrole nitrogens is 1. The van der Waals surface area contributed by atoms with Crippen molar-refractivity contribution >= 4 is 33.3 Å². The molecule has 0 aromatic carbocycles. The van der Waals surface area contributed by atoms with Crippen molar-refractivity contribution in [3.63, 3.8) is 0 Å². The van der Waals surface area contributed by atoms with Crippen molar-refractivity contribution in [2.24, 2.45) is 0 Å². The number of thioether (sulfide) groups is 1. The van der Waals surface area contributed by atoms with Gasteiger partial charge in [-0.25, -0.2) is 15.0 Å². The Morgan fingerprint density at radius 3 is 2.82 bits per heavy atom. The van der Waals surface area contributed by atoms with Crippen LogP contribution >= 0.6 is 23.1 Å². The summed E-state index contributed by atoms with van der Waals surface area (Å²) in [5, 5.41) is 1.52. The molecule has 7 heteroatoms. The van der Waals surface area contributed by atoms with Crippen molar-refractivity contribution in [2.75, 3.05) is 5.75 Å². The largest absolute Gasteiger partial charge is 0.310 e. The number of aromatic amines is 1. The van der Waals surface area contributed by atoms with E-state index in [0.29, 0.717) is 0 Å². The second kappa shape index (κ2) is 6.58. The lowest BCUT2D eigenvalue weighted by Crippen LogP contribution is -2.11. The van der Waals surface area contributed by atoms with Crippen LogP contribution in [0.5, 0.6) is 0 Å². The number of fused-ring (bicyclic) bond motifs is 1. The van der Waals surface area contributed by atoms with Gasteiger partial charge in [-0.1, -0.05) is 11.8 Å². The van der Waals surface area contributed by atoms with Crippen LogP contribution in [0.15, 0.2) is 28.4 Å². The highest BCUT2D eigenvalue weighted by atomic mass is 32.2. The Morgan fingerprint density at radius 1 is 1.27 bits per heavy atom. The molecular formula is C15H16N4OS2. The number of hydrogen-bond donors (Lipinski definition) is 1. The van der Waals surface area contributed by atoms with Crippen LogP contribution < -0.4 is 5.56 Å². The van der Waals surface area contributed by atoms with Gasteiger partial charge in [-0.3, -0.25) is 4.79 Å². The second-order valence-electron chi connectivity index (χ2n) is 4.96. The molecule has 3 aromatic heterocycles. The van der Waals surface area contributed by atoms with E-state index in [-0.39, 0.29) is 5.56 Å². The fourth-order valence-electron chi connectivity index (χ4n) is 2.18. The number of aromatic nitrogens is 4. The fraction of sp³-hybridized carbons (Fsp3) is 0.333. The normalized spacial score (nSPS) is 11.2. The maximum Gasteiger partial charge on any atom is 0.259 e. The van der Waals surface area contributed by atoms with Gasteiger partial charge < -0.3 is 4.98 Å². The molecule has 0 aliphatic rings. The van der Waals surface area contributed by atoms with Crippen molar-refractivity contribution < 1.29 is 0 Å². The van der Waals surface area contributed by atoms with Gasteiger partial charge in [0.2, 0.25) is 0 Å². The second-order valence-corrected chi connectivity index (χ2v) is 7.22. The molecular weight excluding hydrogens is 316 g/mol. The Labute approximate surface area is 136 Å². The third-order valence-electron chi connectivity index (χ3n) is 3.42. The monoisotopic (exact) mass is 332 g/mol. The van der Waals surface area contributed by atoms with Crippen molar-refractivity contribution in [3.05, 3.63) is 45.1 Å². The van der Waals surface area contributed by atoms with E-state index >= 15 is 0 Å². The van der Waals surface area contributed by atoms with Gasteiger partial charge >= 0.3 is 0 Å². The van der Waals surface area contributed by atoms with E-state index in [1.54, 1.807) is 41.6 Å². The third kappa shape index (κ3) is 3.20. The van der Waals surface area contributed by atoms with E-state index < -0.39 is 0 Å². The summed E-state index contributed by atoms with van der Waals surface area (Å²) in [6, 6.07) is 1.80. The molecule has 0 radical (unpaired) electrons. The van der Waals surface area contributed by atoms with Crippen molar-refractivity contribution in [3.8, 4) is 0 Å². The Kier molecular flexibility index (Phi) is 4.54. The predicted molar refractivity (Wildman–Crippen MR) is 90.8 cm³/mol. The molecule has 0 unspecified atom stereocenters. The van der Waals surface area contributed by atoms with E-state index in [2.05, 4.69) is 19.9 Å². The van der Waals surface area contributed by atoms with E-state index in [1.165, 1.54) is 0 Å². The highest BCUT2D eigenvalue weighted by Gasteiger charge is 2.11. The van der Waals surface area contributed by atoms with Crippen LogP contribution in [0.3, 0.4) is 0 Å². The molecule has 0 aliphatic carbocycles. The Hall–Kier alpha value is -1.73. The van der Waals surface area contributed by atoms with Crippen LogP contribution in [0.4, 0.5) is 0 Å². The molecule has 3 heterocycles. The summed E-state index contributed by atoms with van der Waals surface area (Å²) in [6.07, 6.45) is 5.15. The number of hydrogen-bond acceptors (Lipinski definition) is 6. The highest BCUT2D eigenvalue weighted by molar-refractivity contribution is 7.99. The molecule has 5 nitrogen and oxygen atoms in total. The molecule has 0 fully saturated rings. The maximum atomic E-state index is 12.2. The minimum atomic E-state index is -0.0269. The molecule has 3 rings (SSSR count). The number of rotatable bonds is 5. The van der Waals surface area contributed by atoms with Crippen LogP contribution in [0.25, 0.3) is 10.2 Å². The van der Waals surface area contributed by atoms with Gasteiger partial charge in [0.15, 0.2) is 5.16 Å². The fourth-order valence-corrected chi connectivity index (χ4v) is 3.97. The van der Waals surface area contributed by atoms with Crippen LogP contribution in [-0.2, 0) is 6.42 Å². The molecule has 0 bridgehead atoms. The smallest absolute Gasteiger partial charge is 0.259 e. The number of aryl methyl sites for hydroxylation is 3. The zero-order valence-electron chi connectivity index (χ0n) is 12.4. The first-order valence-corrected chi connectivity index (χ1v) is 8.84. The molecule has 0 aliphatic heterocycles. The van der Waals surface area contributed by atoms with Gasteiger partial charge in [-0.2, -0.15) is 0 Å². The molecule has 0 saturated heterocycles. The molecule has 114 valence electrons. The summed E-state index contributed by atoms with van der Waals surface area (Å²) in [5.41, 5.74) is 1.01. The van der Waals surface area contributed by atoms with Crippen molar-refractivity contribution in [1.82, 2.24) is 19.9 Å². The average molecular weight is 332 g/mol. The number of nitrogens with zero attached hydrogens (tertiary/aromatic N) is 3. The van der Waals surface area contributed by atoms with E-state index in [9.17, 15) is 4.79 Å². The highest BCUT2D eigenvalue weighted by Crippen LogP contribution is 2.25. The predicted octanol–water partition coefficient (Wildman–Crippen LogP) is 3.12. The maximum absolute atomic E-state index is 12.2. The Balaban J connectivity index is 1.66. The van der Waals surface area contributed by atoms with Crippen molar-refractivity contribution in [1.29, 1.82) is 0 Å². The van der Waals surface area contributed by atoms with Crippen LogP contribution in [0, 0.1) is 13.8 Å². The van der Waals surface area contributed by atoms with Crippen LogP contribution in [-0.4, -0.2) is 25.7 Å². The minimum absolute atomic E-state index is 0.0269. The number of nitrogens with one attached hydrogen (secondary N) is 1. The quantitative estimate of drug-likeness (QED) is 0.441. The molecule has 3 aromatic rings. The summed E-state index contributed by atoms with van der Waals surface area (Å²) >= 11 is 3.20. The molecule has 0 amide bonds. The summed E-state index contributed by atoms with van der Waals surface area (Å²) < 4.78 is 0. The molecule has 0 saturated carbocycles. The first-order chi connectivity index (χ1) is 10.6. The van der Waals surface area contributed by atoms with Gasteiger partial charge in [0, 0.05) is 29.4 Å². The van der Waals surface area contributed by atoms with Crippen molar-refractivity contribution in [2.45, 2.75) is 31.8 Å². The lowest BCUT2D eigenvalue weighted by molar-refractivity contribution is 0.842. The van der Waals surface area contributed by atoms with Crippen LogP contribution in [0.2, 0.25) is 0 Å². The van der Waals surface area contributed by atoms with Gasteiger partial charge in [-0.05, 0) is 31.9 Å². The molecule has 0 atom stereocenters. The third-order valence-corrected chi connectivity index (χ3v) is 5.48. The summed E-state index contributed by atoms with van der Waals surface area (Å²) in [7, 11) is 0. The topological polar surface area (TPSA) is 71.5 Å². The lowest BCUT2D eigenvalue weighted by atomic mass is 10.2. The summed E-state index contributed by atoms with van der Waals surface area (Å²) in [5.74, 6) is 1.65. The zero-order valence-corrected chi connectivity index (χ0v) is 14.1. The average Bonchev–Trinajstić information content (AvgIpc) is 2.80. The lowest BCUT2D eigenvalue weighted by Gasteiger charge is -2.01. The Morgan fingerprint density at radius 2 is 2.05 bits per heavy atom. The van der Waals surface area contributed by atoms with E-state index in [4.69, 9.17) is 0 Å². The van der Waals surface area contributed by atoms with Crippen LogP contribution in [0.1, 0.15) is 22.7 Å². The summed E-state index contributed by atoms with van der Waals surface area (Å²) in [4.78, 5) is 30.0. The molecule has 1 N–H and O–H groups in total. The first-order valence-electron chi connectivity index (χ1n) is 7.04. The van der Waals surface area contributed by atoms with E-state index in [0.717, 1.165) is 50.2 Å². The molecule has 0 spiro atoms. The van der Waals surface area contributed by atoms with E-state index in [1.807, 2.05) is 13.8 Å². The SMILES string of the molecule is Cc1sc2nc(CCCSc3ncccn3)[nH]c(=O)c2c1C. The van der Waals surface area contributed by atoms with Gasteiger partial charge in [-0.15, -0.1) is 11.3 Å². The van der Waals surface area contributed by atoms with Gasteiger partial charge in [0.25, 0.3) is 5.56 Å². The number of thiophene rings is 1. The first kappa shape index (κ1) is 15.2. The standard InChI is InChI=1S/C15H16N4OS2/c1-9-10(2)22-14-12(9)13(20)18-11(19-14)5-3-8-21-15-16-6-4-7-17-15/h4,6-7H,3,5,8H2,1-2H3,(H,18,19,20). The van der Waals surface area contributed by atoms with Gasteiger partial charge in [0.05, 0.1) is 5.39 Å². The summed E-state index contributed by atoms with van der Waals surface area (Å²) in [6.45, 7) is 4.00. The minimum Gasteiger partial charge on any atom is -0.310 e. The van der Waals surface area contributed by atoms with Gasteiger partial charge in [0.1, 0.15) is 10.7 Å². The zero-order chi connectivity index (χ0) is 15.5.